The van der Waals surface area contributed by atoms with E-state index in [0.717, 1.165) is 10.1 Å². The molecule has 0 spiro atoms. The molecule has 0 aliphatic rings. The standard InChI is InChI=1S/C18H14ClN3O5S2/c1-26-13-6-4-10(22(24)25)8-12(13)21-18(28)20-9-3-5-11-14(7-9)29-16(15(11)19)17(23)27-2/h3-8H,1-2H3,(H2,20,21,28). The quantitative estimate of drug-likeness (QED) is 0.240. The minimum absolute atomic E-state index is 0.0962. The second-order valence-corrected chi connectivity index (χ2v) is 7.51. The third kappa shape index (κ3) is 4.39. The van der Waals surface area contributed by atoms with Crippen molar-refractivity contribution < 1.29 is 19.2 Å². The number of nitrogens with zero attached hydrogens (tertiary/aromatic N) is 1. The molecule has 1 aromatic heterocycles. The Morgan fingerprint density at radius 3 is 2.62 bits per heavy atom. The van der Waals surface area contributed by atoms with Crippen LogP contribution < -0.4 is 15.4 Å². The van der Waals surface area contributed by atoms with E-state index in [1.807, 2.05) is 0 Å². The lowest BCUT2D eigenvalue weighted by Gasteiger charge is -2.13. The fourth-order valence-corrected chi connectivity index (χ4v) is 4.25. The van der Waals surface area contributed by atoms with Gasteiger partial charge in [0, 0.05) is 27.9 Å². The van der Waals surface area contributed by atoms with Crippen molar-refractivity contribution in [2.24, 2.45) is 0 Å². The number of hydrogen-bond donors (Lipinski definition) is 2. The normalized spacial score (nSPS) is 10.4. The smallest absolute Gasteiger partial charge is 0.349 e. The molecule has 0 bridgehead atoms. The lowest BCUT2D eigenvalue weighted by Crippen LogP contribution is -2.19. The number of nitro groups is 1. The minimum atomic E-state index is -0.506. The Labute approximate surface area is 179 Å². The van der Waals surface area contributed by atoms with Crippen molar-refractivity contribution >= 4 is 73.4 Å². The van der Waals surface area contributed by atoms with E-state index in [-0.39, 0.29) is 10.8 Å². The Hall–Kier alpha value is -2.95. The van der Waals surface area contributed by atoms with Crippen LogP contribution in [0, 0.1) is 10.1 Å². The second kappa shape index (κ2) is 8.60. The molecule has 0 aliphatic heterocycles. The number of carbonyl (C=O) groups excluding carboxylic acids is 1. The van der Waals surface area contributed by atoms with Crippen LogP contribution in [-0.2, 0) is 4.74 Å². The van der Waals surface area contributed by atoms with Crippen molar-refractivity contribution in [2.45, 2.75) is 0 Å². The summed E-state index contributed by atoms with van der Waals surface area (Å²) in [5.74, 6) is -0.0939. The molecule has 150 valence electrons. The maximum Gasteiger partial charge on any atom is 0.349 e. The molecule has 0 unspecified atom stereocenters. The van der Waals surface area contributed by atoms with Crippen molar-refractivity contribution in [1.82, 2.24) is 0 Å². The van der Waals surface area contributed by atoms with Gasteiger partial charge in [0.25, 0.3) is 5.69 Å². The number of thiocarbonyl (C=S) groups is 1. The molecular weight excluding hydrogens is 438 g/mol. The van der Waals surface area contributed by atoms with Crippen LogP contribution in [0.2, 0.25) is 5.02 Å². The summed E-state index contributed by atoms with van der Waals surface area (Å²) in [6.07, 6.45) is 0. The van der Waals surface area contributed by atoms with E-state index in [0.29, 0.717) is 27.0 Å². The molecule has 0 fully saturated rings. The number of hydrogen-bond acceptors (Lipinski definition) is 7. The van der Waals surface area contributed by atoms with Crippen molar-refractivity contribution in [3.63, 3.8) is 0 Å². The van der Waals surface area contributed by atoms with E-state index < -0.39 is 10.9 Å². The molecule has 0 atom stereocenters. The maximum absolute atomic E-state index is 11.8. The summed E-state index contributed by atoms with van der Waals surface area (Å²) in [5, 5.41) is 18.2. The highest BCUT2D eigenvalue weighted by molar-refractivity contribution is 7.80. The van der Waals surface area contributed by atoms with Gasteiger partial charge in [-0.3, -0.25) is 10.1 Å². The highest BCUT2D eigenvalue weighted by atomic mass is 35.5. The molecule has 8 nitrogen and oxygen atoms in total. The summed E-state index contributed by atoms with van der Waals surface area (Å²) in [6, 6.07) is 9.46. The Morgan fingerprint density at radius 1 is 1.21 bits per heavy atom. The molecule has 2 N–H and O–H groups in total. The molecule has 11 heteroatoms. The monoisotopic (exact) mass is 451 g/mol. The van der Waals surface area contributed by atoms with E-state index in [4.69, 9.17) is 33.3 Å². The highest BCUT2D eigenvalue weighted by Crippen LogP contribution is 2.37. The van der Waals surface area contributed by atoms with Gasteiger partial charge in [0.1, 0.15) is 10.6 Å². The molecule has 3 rings (SSSR count). The lowest BCUT2D eigenvalue weighted by molar-refractivity contribution is -0.384. The summed E-state index contributed by atoms with van der Waals surface area (Å²) in [6.45, 7) is 0. The third-order valence-electron chi connectivity index (χ3n) is 3.90. The van der Waals surface area contributed by atoms with Crippen molar-refractivity contribution in [2.75, 3.05) is 24.9 Å². The molecular formula is C18H14ClN3O5S2. The number of non-ortho nitro benzene ring substituents is 1. The number of ether oxygens (including phenoxy) is 2. The van der Waals surface area contributed by atoms with Crippen LogP contribution >= 0.6 is 35.2 Å². The fourth-order valence-electron chi connectivity index (χ4n) is 2.56. The first-order chi connectivity index (χ1) is 13.8. The van der Waals surface area contributed by atoms with E-state index in [2.05, 4.69) is 10.6 Å². The summed E-state index contributed by atoms with van der Waals surface area (Å²) in [7, 11) is 2.75. The minimum Gasteiger partial charge on any atom is -0.495 e. The topological polar surface area (TPSA) is 103 Å². The Bertz CT molecular complexity index is 1130. The molecule has 1 heterocycles. The van der Waals surface area contributed by atoms with Gasteiger partial charge in [-0.15, -0.1) is 11.3 Å². The molecule has 29 heavy (non-hydrogen) atoms. The zero-order chi connectivity index (χ0) is 21.1. The zero-order valence-electron chi connectivity index (χ0n) is 15.1. The van der Waals surface area contributed by atoms with Gasteiger partial charge in [0.05, 0.1) is 29.9 Å². The van der Waals surface area contributed by atoms with E-state index >= 15 is 0 Å². The number of carbonyl (C=O) groups is 1. The average molecular weight is 452 g/mol. The third-order valence-corrected chi connectivity index (χ3v) is 5.74. The Kier molecular flexibility index (Phi) is 6.16. The van der Waals surface area contributed by atoms with Crippen molar-refractivity contribution in [3.05, 3.63) is 56.4 Å². The summed E-state index contributed by atoms with van der Waals surface area (Å²) >= 11 is 12.8. The van der Waals surface area contributed by atoms with Gasteiger partial charge in [0.15, 0.2) is 5.11 Å². The Morgan fingerprint density at radius 2 is 1.97 bits per heavy atom. The van der Waals surface area contributed by atoms with Gasteiger partial charge < -0.3 is 20.1 Å². The van der Waals surface area contributed by atoms with Crippen LogP contribution in [-0.4, -0.2) is 30.2 Å². The number of methoxy groups -OCH3 is 2. The van der Waals surface area contributed by atoms with Crippen LogP contribution in [0.4, 0.5) is 17.1 Å². The number of nitrogens with one attached hydrogen (secondary N) is 2. The first kappa shape index (κ1) is 20.8. The largest absolute Gasteiger partial charge is 0.495 e. The average Bonchev–Trinajstić information content (AvgIpc) is 3.03. The van der Waals surface area contributed by atoms with Gasteiger partial charge in [-0.05, 0) is 36.5 Å². The number of nitro benzene ring substituents is 1. The van der Waals surface area contributed by atoms with Crippen LogP contribution in [0.3, 0.4) is 0 Å². The maximum atomic E-state index is 11.8. The molecule has 0 amide bonds. The van der Waals surface area contributed by atoms with Crippen molar-refractivity contribution in [3.8, 4) is 5.75 Å². The lowest BCUT2D eigenvalue weighted by atomic mass is 10.2. The van der Waals surface area contributed by atoms with Crippen LogP contribution in [0.1, 0.15) is 9.67 Å². The molecule has 2 aromatic carbocycles. The van der Waals surface area contributed by atoms with E-state index in [1.165, 1.54) is 43.8 Å². The van der Waals surface area contributed by atoms with Gasteiger partial charge in [-0.2, -0.15) is 0 Å². The van der Waals surface area contributed by atoms with E-state index in [1.54, 1.807) is 18.2 Å². The predicted octanol–water partition coefficient (Wildman–Crippen LogP) is 5.07. The first-order valence-electron chi connectivity index (χ1n) is 8.05. The Balaban J connectivity index is 1.82. The molecule has 0 saturated heterocycles. The van der Waals surface area contributed by atoms with Gasteiger partial charge in [-0.25, -0.2) is 4.79 Å². The number of fused-ring (bicyclic) bond motifs is 1. The summed E-state index contributed by atoms with van der Waals surface area (Å²) in [4.78, 5) is 22.6. The summed E-state index contributed by atoms with van der Waals surface area (Å²) < 4.78 is 10.7. The second-order valence-electron chi connectivity index (χ2n) is 5.67. The van der Waals surface area contributed by atoms with Crippen molar-refractivity contribution in [1.29, 1.82) is 0 Å². The number of esters is 1. The number of halogens is 1. The number of thiophene rings is 1. The SMILES string of the molecule is COC(=O)c1sc2cc(NC(=S)Nc3cc([N+](=O)[O-])ccc3OC)ccc2c1Cl. The fraction of sp³-hybridized carbons (Fsp3) is 0.111. The van der Waals surface area contributed by atoms with Crippen LogP contribution in [0.25, 0.3) is 10.1 Å². The molecule has 0 saturated carbocycles. The van der Waals surface area contributed by atoms with Crippen LogP contribution in [0.5, 0.6) is 5.75 Å². The number of anilines is 2. The number of benzene rings is 2. The summed E-state index contributed by atoms with van der Waals surface area (Å²) in [5.41, 5.74) is 0.905. The molecule has 0 aliphatic carbocycles. The zero-order valence-corrected chi connectivity index (χ0v) is 17.5. The van der Waals surface area contributed by atoms with Crippen LogP contribution in [0.15, 0.2) is 36.4 Å². The first-order valence-corrected chi connectivity index (χ1v) is 9.65. The highest BCUT2D eigenvalue weighted by Gasteiger charge is 2.18. The molecule has 3 aromatic rings. The van der Waals surface area contributed by atoms with Gasteiger partial charge in [-0.1, -0.05) is 11.6 Å². The number of rotatable bonds is 5. The van der Waals surface area contributed by atoms with E-state index in [9.17, 15) is 14.9 Å². The predicted molar refractivity (Wildman–Crippen MR) is 118 cm³/mol. The van der Waals surface area contributed by atoms with Gasteiger partial charge in [0.2, 0.25) is 0 Å². The molecule has 0 radical (unpaired) electrons. The van der Waals surface area contributed by atoms with Gasteiger partial charge >= 0.3 is 5.97 Å².